The van der Waals surface area contributed by atoms with E-state index in [-0.39, 0.29) is 17.6 Å². The Morgan fingerprint density at radius 2 is 1.60 bits per heavy atom. The van der Waals surface area contributed by atoms with Crippen molar-refractivity contribution in [2.45, 2.75) is 53.0 Å². The first-order valence-electron chi connectivity index (χ1n) is 15.4. The molecule has 1 saturated heterocycles. The molecule has 1 N–H and O–H groups in total. The monoisotopic (exact) mass is 580 g/mol. The second kappa shape index (κ2) is 13.9. The van der Waals surface area contributed by atoms with Crippen molar-refractivity contribution in [1.82, 2.24) is 14.8 Å². The zero-order chi connectivity index (χ0) is 30.3. The lowest BCUT2D eigenvalue weighted by molar-refractivity contribution is -0.131. The predicted molar refractivity (Wildman–Crippen MR) is 171 cm³/mol. The van der Waals surface area contributed by atoms with Crippen molar-refractivity contribution in [3.8, 4) is 11.1 Å². The van der Waals surface area contributed by atoms with Gasteiger partial charge in [0.15, 0.2) is 0 Å². The van der Waals surface area contributed by atoms with Gasteiger partial charge in [-0.15, -0.1) is 0 Å². The molecule has 7 heteroatoms. The number of rotatable bonds is 10. The fourth-order valence-corrected chi connectivity index (χ4v) is 5.96. The van der Waals surface area contributed by atoms with Gasteiger partial charge in [0.25, 0.3) is 5.91 Å². The number of aryl methyl sites for hydroxylation is 1. The Bertz CT molecular complexity index is 1560. The number of halogens is 1. The van der Waals surface area contributed by atoms with Crippen molar-refractivity contribution in [3.05, 3.63) is 95.4 Å². The van der Waals surface area contributed by atoms with Gasteiger partial charge in [0, 0.05) is 48.9 Å². The lowest BCUT2D eigenvalue weighted by atomic mass is 9.91. The number of carbonyl (C=O) groups is 2. The van der Waals surface area contributed by atoms with Crippen LogP contribution in [0.15, 0.2) is 72.9 Å². The zero-order valence-corrected chi connectivity index (χ0v) is 25.4. The number of hydrogen-bond donors (Lipinski definition) is 1. The Balaban J connectivity index is 1.16. The van der Waals surface area contributed by atoms with E-state index in [0.29, 0.717) is 17.9 Å². The molecule has 6 nitrogen and oxygen atoms in total. The number of amides is 2. The van der Waals surface area contributed by atoms with Crippen molar-refractivity contribution >= 4 is 28.4 Å². The van der Waals surface area contributed by atoms with Gasteiger partial charge in [-0.25, -0.2) is 4.39 Å². The van der Waals surface area contributed by atoms with Gasteiger partial charge in [0.2, 0.25) is 5.91 Å². The smallest absolute Gasteiger partial charge is 0.255 e. The molecule has 1 aliphatic rings. The third-order valence-corrected chi connectivity index (χ3v) is 8.65. The van der Waals surface area contributed by atoms with E-state index in [2.05, 4.69) is 22.3 Å². The molecule has 3 aromatic carbocycles. The average molecular weight is 581 g/mol. The van der Waals surface area contributed by atoms with Gasteiger partial charge in [-0.3, -0.25) is 19.5 Å². The molecule has 2 heterocycles. The lowest BCUT2D eigenvalue weighted by Gasteiger charge is -2.32. The third-order valence-electron chi connectivity index (χ3n) is 8.65. The fourth-order valence-electron chi connectivity index (χ4n) is 5.96. The first kappa shape index (κ1) is 30.4. The summed E-state index contributed by atoms with van der Waals surface area (Å²) in [6.45, 7) is 10.6. The highest BCUT2D eigenvalue weighted by molar-refractivity contribution is 6.05. The van der Waals surface area contributed by atoms with Crippen LogP contribution in [0, 0.1) is 18.7 Å². The maximum absolute atomic E-state index is 13.2. The van der Waals surface area contributed by atoms with E-state index in [1.54, 1.807) is 24.3 Å². The molecule has 1 aromatic heterocycles. The Labute approximate surface area is 253 Å². The van der Waals surface area contributed by atoms with Crippen LogP contribution in [-0.2, 0) is 11.3 Å². The van der Waals surface area contributed by atoms with Crippen molar-refractivity contribution in [2.75, 3.05) is 31.5 Å². The van der Waals surface area contributed by atoms with Crippen LogP contribution in [-0.4, -0.2) is 52.8 Å². The number of fused-ring (bicyclic) bond motifs is 1. The molecule has 0 spiro atoms. The first-order valence-corrected chi connectivity index (χ1v) is 15.4. The van der Waals surface area contributed by atoms with Gasteiger partial charge in [0.05, 0.1) is 5.52 Å². The summed E-state index contributed by atoms with van der Waals surface area (Å²) in [6, 6.07) is 19.8. The number of likely N-dealkylation sites (tertiary alicyclic amines) is 1. The van der Waals surface area contributed by atoms with E-state index in [1.807, 2.05) is 50.1 Å². The maximum Gasteiger partial charge on any atom is 0.255 e. The molecular formula is C36H41FN4O2. The van der Waals surface area contributed by atoms with Crippen molar-refractivity contribution in [3.63, 3.8) is 0 Å². The summed E-state index contributed by atoms with van der Waals surface area (Å²) >= 11 is 0. The maximum atomic E-state index is 13.2. The largest absolute Gasteiger partial charge is 0.343 e. The van der Waals surface area contributed by atoms with E-state index < -0.39 is 0 Å². The number of piperidine rings is 1. The fraction of sp³-hybridized carbons (Fsp3) is 0.361. The van der Waals surface area contributed by atoms with Crippen molar-refractivity contribution < 1.29 is 14.0 Å². The van der Waals surface area contributed by atoms with Crippen molar-refractivity contribution in [1.29, 1.82) is 0 Å². The Morgan fingerprint density at radius 3 is 2.26 bits per heavy atom. The summed E-state index contributed by atoms with van der Waals surface area (Å²) in [7, 11) is 0. The SMILES string of the molecule is CCN(CC)C(=O)CCC1CCN(Cc2cnc3cc(NC(=O)c4ccc(-c5ccc(F)cc5)cc4)c(C)cc3c2)CC1. The number of anilines is 1. The number of nitrogens with one attached hydrogen (secondary N) is 1. The summed E-state index contributed by atoms with van der Waals surface area (Å²) in [5, 5.41) is 4.10. The number of benzene rings is 3. The van der Waals surface area contributed by atoms with Crippen LogP contribution < -0.4 is 5.32 Å². The van der Waals surface area contributed by atoms with Gasteiger partial charge in [-0.05, 0) is 124 Å². The predicted octanol–water partition coefficient (Wildman–Crippen LogP) is 7.46. The number of pyridine rings is 1. The minimum absolute atomic E-state index is 0.189. The molecule has 0 unspecified atom stereocenters. The standard InChI is InChI=1S/C36H41FN4O2/c1-4-41(5-2)35(42)15-6-26-16-18-40(19-17-26)24-27-21-31-20-25(3)33(22-34(31)38-23-27)39-36(43)30-9-7-28(8-10-30)29-11-13-32(37)14-12-29/h7-14,20-23,26H,4-6,15-19,24H2,1-3H3,(H,39,43). The molecule has 0 saturated carbocycles. The Morgan fingerprint density at radius 1 is 0.953 bits per heavy atom. The van der Waals surface area contributed by atoms with Crippen LogP contribution >= 0.6 is 0 Å². The number of nitrogens with zero attached hydrogens (tertiary/aromatic N) is 3. The van der Waals surface area contributed by atoms with E-state index >= 15 is 0 Å². The molecule has 0 atom stereocenters. The van der Waals surface area contributed by atoms with Crippen LogP contribution in [0.1, 0.15) is 61.0 Å². The average Bonchev–Trinajstić information content (AvgIpc) is 3.02. The molecule has 5 rings (SSSR count). The summed E-state index contributed by atoms with van der Waals surface area (Å²) in [5.41, 5.74) is 6.10. The van der Waals surface area contributed by atoms with Crippen LogP contribution in [0.4, 0.5) is 10.1 Å². The van der Waals surface area contributed by atoms with Gasteiger partial charge in [-0.1, -0.05) is 24.3 Å². The molecule has 1 fully saturated rings. The molecule has 224 valence electrons. The molecular weight excluding hydrogens is 539 g/mol. The quantitative estimate of drug-likeness (QED) is 0.211. The molecule has 1 aliphatic heterocycles. The van der Waals surface area contributed by atoms with Gasteiger partial charge in [0.1, 0.15) is 5.82 Å². The van der Waals surface area contributed by atoms with E-state index in [9.17, 15) is 14.0 Å². The highest BCUT2D eigenvalue weighted by Crippen LogP contribution is 2.27. The minimum Gasteiger partial charge on any atom is -0.343 e. The van der Waals surface area contributed by atoms with Gasteiger partial charge < -0.3 is 10.2 Å². The summed E-state index contributed by atoms with van der Waals surface area (Å²) in [6.07, 6.45) is 5.84. The summed E-state index contributed by atoms with van der Waals surface area (Å²) in [5.74, 6) is 0.439. The highest BCUT2D eigenvalue weighted by atomic mass is 19.1. The summed E-state index contributed by atoms with van der Waals surface area (Å²) < 4.78 is 13.2. The molecule has 0 radical (unpaired) electrons. The third kappa shape index (κ3) is 7.65. The normalized spacial score (nSPS) is 14.1. The van der Waals surface area contributed by atoms with E-state index in [1.165, 1.54) is 17.7 Å². The number of aromatic nitrogens is 1. The Hall–Kier alpha value is -4.10. The Kier molecular flexibility index (Phi) is 9.82. The van der Waals surface area contributed by atoms with Crippen LogP contribution in [0.2, 0.25) is 0 Å². The van der Waals surface area contributed by atoms with E-state index in [4.69, 9.17) is 4.98 Å². The summed E-state index contributed by atoms with van der Waals surface area (Å²) in [4.78, 5) is 34.5. The van der Waals surface area contributed by atoms with Crippen molar-refractivity contribution in [2.24, 2.45) is 5.92 Å². The molecule has 4 aromatic rings. The minimum atomic E-state index is -0.274. The molecule has 2 amide bonds. The topological polar surface area (TPSA) is 65.5 Å². The van der Waals surface area contributed by atoms with Crippen LogP contribution in [0.3, 0.4) is 0 Å². The van der Waals surface area contributed by atoms with Gasteiger partial charge in [-0.2, -0.15) is 0 Å². The molecule has 0 aliphatic carbocycles. The lowest BCUT2D eigenvalue weighted by Crippen LogP contribution is -2.34. The van der Waals surface area contributed by atoms with Crippen LogP contribution in [0.5, 0.6) is 0 Å². The van der Waals surface area contributed by atoms with E-state index in [0.717, 1.165) is 85.3 Å². The molecule has 0 bridgehead atoms. The second-order valence-corrected chi connectivity index (χ2v) is 11.6. The molecule has 43 heavy (non-hydrogen) atoms. The first-order chi connectivity index (χ1) is 20.8. The highest BCUT2D eigenvalue weighted by Gasteiger charge is 2.21. The van der Waals surface area contributed by atoms with Gasteiger partial charge >= 0.3 is 0 Å². The van der Waals surface area contributed by atoms with Crippen LogP contribution in [0.25, 0.3) is 22.0 Å². The number of carbonyl (C=O) groups excluding carboxylic acids is 2. The zero-order valence-electron chi connectivity index (χ0n) is 25.4. The second-order valence-electron chi connectivity index (χ2n) is 11.6. The number of hydrogen-bond acceptors (Lipinski definition) is 4.